The fraction of sp³-hybridized carbons (Fsp3) is 0.333. The van der Waals surface area contributed by atoms with E-state index in [1.165, 1.54) is 6.07 Å². The molecule has 0 spiro atoms. The van der Waals surface area contributed by atoms with Crippen LogP contribution in [-0.4, -0.2) is 30.6 Å². The first-order chi connectivity index (χ1) is 11.6. The minimum Gasteiger partial charge on any atom is -0.486 e. The summed E-state index contributed by atoms with van der Waals surface area (Å²) in [7, 11) is 1.70. The van der Waals surface area contributed by atoms with Crippen molar-refractivity contribution < 1.29 is 9.13 Å². The van der Waals surface area contributed by atoms with Crippen LogP contribution >= 0.6 is 24.0 Å². The Morgan fingerprint density at radius 3 is 2.64 bits per heavy atom. The quantitative estimate of drug-likeness (QED) is 0.397. The van der Waals surface area contributed by atoms with E-state index in [4.69, 9.17) is 4.74 Å². The molecule has 136 valence electrons. The van der Waals surface area contributed by atoms with Crippen LogP contribution in [-0.2, 0) is 6.54 Å². The number of rotatable bonds is 6. The molecule has 0 saturated heterocycles. The molecular formula is C18H24FIN4O. The van der Waals surface area contributed by atoms with Crippen molar-refractivity contribution in [3.05, 3.63) is 59.7 Å². The second kappa shape index (κ2) is 10.9. The van der Waals surface area contributed by atoms with Crippen LogP contribution in [0.1, 0.15) is 18.3 Å². The molecule has 0 saturated carbocycles. The third-order valence-corrected chi connectivity index (χ3v) is 3.33. The van der Waals surface area contributed by atoms with Gasteiger partial charge in [0.25, 0.3) is 0 Å². The zero-order valence-electron chi connectivity index (χ0n) is 14.6. The monoisotopic (exact) mass is 458 g/mol. The smallest absolute Gasteiger partial charge is 0.191 e. The lowest BCUT2D eigenvalue weighted by Gasteiger charge is -2.18. The maximum Gasteiger partial charge on any atom is 0.191 e. The number of aryl methyl sites for hydroxylation is 1. The van der Waals surface area contributed by atoms with Crippen LogP contribution in [0.2, 0.25) is 0 Å². The Kier molecular flexibility index (Phi) is 9.18. The zero-order valence-corrected chi connectivity index (χ0v) is 17.0. The lowest BCUT2D eigenvalue weighted by molar-refractivity contribution is 0.214. The van der Waals surface area contributed by atoms with E-state index in [1.807, 2.05) is 32.0 Å². The molecule has 1 aromatic heterocycles. The molecule has 0 aliphatic heterocycles. The highest BCUT2D eigenvalue weighted by molar-refractivity contribution is 14.0. The van der Waals surface area contributed by atoms with Crippen LogP contribution in [0.4, 0.5) is 4.39 Å². The molecule has 0 radical (unpaired) electrons. The molecule has 7 heteroatoms. The van der Waals surface area contributed by atoms with Crippen LogP contribution < -0.4 is 15.4 Å². The van der Waals surface area contributed by atoms with Crippen molar-refractivity contribution in [2.24, 2.45) is 4.99 Å². The highest BCUT2D eigenvalue weighted by Gasteiger charge is 2.09. The van der Waals surface area contributed by atoms with Crippen LogP contribution in [0.5, 0.6) is 5.75 Å². The van der Waals surface area contributed by atoms with Gasteiger partial charge in [0.15, 0.2) is 17.5 Å². The summed E-state index contributed by atoms with van der Waals surface area (Å²) in [6, 6.07) is 12.3. The summed E-state index contributed by atoms with van der Waals surface area (Å²) in [5.74, 6) is 0.526. The minimum atomic E-state index is -0.364. The van der Waals surface area contributed by atoms with E-state index >= 15 is 0 Å². The Morgan fingerprint density at radius 2 is 1.96 bits per heavy atom. The summed E-state index contributed by atoms with van der Waals surface area (Å²) in [5.41, 5.74) is 1.91. The van der Waals surface area contributed by atoms with Crippen molar-refractivity contribution in [2.75, 3.05) is 13.6 Å². The Bertz CT molecular complexity index is 696. The molecule has 25 heavy (non-hydrogen) atoms. The average molecular weight is 458 g/mol. The molecule has 1 heterocycles. The van der Waals surface area contributed by atoms with Gasteiger partial charge < -0.3 is 15.4 Å². The van der Waals surface area contributed by atoms with Crippen molar-refractivity contribution >= 4 is 29.9 Å². The number of aromatic nitrogens is 1. The van der Waals surface area contributed by atoms with Gasteiger partial charge >= 0.3 is 0 Å². The molecule has 1 atom stereocenters. The Morgan fingerprint density at radius 1 is 1.20 bits per heavy atom. The number of aliphatic imine (C=N–C) groups is 1. The van der Waals surface area contributed by atoms with Crippen LogP contribution in [0, 0.1) is 12.7 Å². The maximum atomic E-state index is 13.6. The summed E-state index contributed by atoms with van der Waals surface area (Å²) in [5, 5.41) is 6.35. The molecule has 0 fully saturated rings. The molecule has 1 unspecified atom stereocenters. The highest BCUT2D eigenvalue weighted by Crippen LogP contribution is 2.16. The van der Waals surface area contributed by atoms with E-state index in [0.717, 1.165) is 11.4 Å². The van der Waals surface area contributed by atoms with Gasteiger partial charge in [0.2, 0.25) is 0 Å². The SMILES string of the molecule is CN=C(NCc1cccc(C)n1)NCC(C)Oc1ccccc1F.I. The summed E-state index contributed by atoms with van der Waals surface area (Å²) in [4.78, 5) is 8.59. The number of nitrogens with zero attached hydrogens (tertiary/aromatic N) is 2. The highest BCUT2D eigenvalue weighted by atomic mass is 127. The number of nitrogens with one attached hydrogen (secondary N) is 2. The molecule has 2 aromatic rings. The summed E-state index contributed by atoms with van der Waals surface area (Å²) >= 11 is 0. The number of pyridine rings is 1. The van der Waals surface area contributed by atoms with Crippen molar-refractivity contribution in [3.63, 3.8) is 0 Å². The van der Waals surface area contributed by atoms with E-state index in [-0.39, 0.29) is 41.6 Å². The lowest BCUT2D eigenvalue weighted by Crippen LogP contribution is -2.41. The van der Waals surface area contributed by atoms with E-state index in [1.54, 1.807) is 25.2 Å². The fourth-order valence-corrected chi connectivity index (χ4v) is 2.13. The predicted molar refractivity (Wildman–Crippen MR) is 109 cm³/mol. The number of hydrogen-bond acceptors (Lipinski definition) is 3. The fourth-order valence-electron chi connectivity index (χ4n) is 2.13. The largest absolute Gasteiger partial charge is 0.486 e. The van der Waals surface area contributed by atoms with Crippen LogP contribution in [0.25, 0.3) is 0 Å². The van der Waals surface area contributed by atoms with E-state index < -0.39 is 0 Å². The van der Waals surface area contributed by atoms with E-state index in [0.29, 0.717) is 19.0 Å². The van der Waals surface area contributed by atoms with Crippen LogP contribution in [0.15, 0.2) is 47.5 Å². The van der Waals surface area contributed by atoms with Crippen molar-refractivity contribution in [3.8, 4) is 5.75 Å². The molecule has 5 nitrogen and oxygen atoms in total. The van der Waals surface area contributed by atoms with E-state index in [9.17, 15) is 4.39 Å². The first-order valence-corrected chi connectivity index (χ1v) is 7.86. The van der Waals surface area contributed by atoms with Gasteiger partial charge in [0.05, 0.1) is 18.8 Å². The molecule has 0 amide bonds. The van der Waals surface area contributed by atoms with Gasteiger partial charge in [-0.2, -0.15) is 0 Å². The second-order valence-corrected chi connectivity index (χ2v) is 5.44. The van der Waals surface area contributed by atoms with Gasteiger partial charge in [-0.25, -0.2) is 4.39 Å². The van der Waals surface area contributed by atoms with Gasteiger partial charge in [-0.1, -0.05) is 18.2 Å². The summed E-state index contributed by atoms with van der Waals surface area (Å²) < 4.78 is 19.2. The number of halogens is 2. The van der Waals surface area contributed by atoms with Gasteiger partial charge in [-0.15, -0.1) is 24.0 Å². The van der Waals surface area contributed by atoms with Gasteiger partial charge in [-0.3, -0.25) is 9.98 Å². The number of guanidine groups is 1. The van der Waals surface area contributed by atoms with Crippen LogP contribution in [0.3, 0.4) is 0 Å². The third kappa shape index (κ3) is 7.25. The second-order valence-electron chi connectivity index (χ2n) is 5.44. The molecule has 1 aromatic carbocycles. The summed E-state index contributed by atoms with van der Waals surface area (Å²) in [6.45, 7) is 4.90. The minimum absolute atomic E-state index is 0. The number of hydrogen-bond donors (Lipinski definition) is 2. The molecule has 0 aliphatic rings. The number of ether oxygens (including phenoxy) is 1. The average Bonchev–Trinajstić information content (AvgIpc) is 2.57. The molecule has 0 aliphatic carbocycles. The Labute approximate surface area is 165 Å². The first kappa shape index (κ1) is 21.1. The van der Waals surface area contributed by atoms with E-state index in [2.05, 4.69) is 20.6 Å². The summed E-state index contributed by atoms with van der Waals surface area (Å²) in [6.07, 6.45) is -0.211. The number of benzene rings is 1. The molecule has 2 rings (SSSR count). The topological polar surface area (TPSA) is 58.5 Å². The van der Waals surface area contributed by atoms with Gasteiger partial charge in [0, 0.05) is 12.7 Å². The maximum absolute atomic E-state index is 13.6. The Hall–Kier alpha value is -1.90. The molecule has 2 N–H and O–H groups in total. The Balaban J connectivity index is 0.00000312. The van der Waals surface area contributed by atoms with Gasteiger partial charge in [-0.05, 0) is 38.1 Å². The van der Waals surface area contributed by atoms with Crippen molar-refractivity contribution in [2.45, 2.75) is 26.5 Å². The normalized spacial score (nSPS) is 12.1. The van der Waals surface area contributed by atoms with Crippen molar-refractivity contribution in [1.82, 2.24) is 15.6 Å². The third-order valence-electron chi connectivity index (χ3n) is 3.33. The predicted octanol–water partition coefficient (Wildman–Crippen LogP) is 3.28. The van der Waals surface area contributed by atoms with Crippen molar-refractivity contribution in [1.29, 1.82) is 0 Å². The molecule has 0 bridgehead atoms. The zero-order chi connectivity index (χ0) is 17.4. The molecular weight excluding hydrogens is 434 g/mol. The first-order valence-electron chi connectivity index (χ1n) is 7.86. The lowest BCUT2D eigenvalue weighted by atomic mass is 10.3. The standard InChI is InChI=1S/C18H23FN4O.HI/c1-13-7-6-8-15(23-13)12-22-18(20-3)21-11-14(2)24-17-10-5-4-9-16(17)19;/h4-10,14H,11-12H2,1-3H3,(H2,20,21,22);1H. The number of para-hydroxylation sites is 1. The van der Waals surface area contributed by atoms with Gasteiger partial charge in [0.1, 0.15) is 6.10 Å².